The summed E-state index contributed by atoms with van der Waals surface area (Å²) in [5.74, 6) is -0.155. The van der Waals surface area contributed by atoms with Gasteiger partial charge >= 0.3 is 5.97 Å². The van der Waals surface area contributed by atoms with Crippen molar-refractivity contribution in [3.63, 3.8) is 0 Å². The average Bonchev–Trinajstić information content (AvgIpc) is 2.75. The maximum absolute atomic E-state index is 12.0. The van der Waals surface area contributed by atoms with Crippen LogP contribution in [-0.2, 0) is 16.0 Å². The summed E-state index contributed by atoms with van der Waals surface area (Å²) in [6, 6.07) is 10.4. The molecule has 0 amide bonds. The van der Waals surface area contributed by atoms with E-state index in [4.69, 9.17) is 4.74 Å². The van der Waals surface area contributed by atoms with Crippen LogP contribution in [0.4, 0.5) is 0 Å². The average molecular weight is 275 g/mol. The first-order valence-corrected chi connectivity index (χ1v) is 7.67. The van der Waals surface area contributed by atoms with Gasteiger partial charge in [-0.2, -0.15) is 0 Å². The Labute approximate surface area is 121 Å². The molecular weight excluding hydrogens is 250 g/mol. The molecule has 3 nitrogen and oxygen atoms in total. The van der Waals surface area contributed by atoms with Crippen LogP contribution < -0.4 is 5.32 Å². The first-order valence-electron chi connectivity index (χ1n) is 7.67. The Morgan fingerprint density at radius 2 is 1.85 bits per heavy atom. The molecule has 1 aliphatic rings. The molecule has 0 aromatic heterocycles. The van der Waals surface area contributed by atoms with Crippen LogP contribution in [0.25, 0.3) is 0 Å². The Morgan fingerprint density at radius 3 is 2.45 bits per heavy atom. The highest BCUT2D eigenvalue weighted by molar-refractivity contribution is 5.76. The van der Waals surface area contributed by atoms with Gasteiger partial charge in [-0.15, -0.1) is 0 Å². The molecule has 1 unspecified atom stereocenters. The van der Waals surface area contributed by atoms with Crippen LogP contribution in [0.3, 0.4) is 0 Å². The molecule has 0 spiro atoms. The SMILES string of the molecule is COC(=O)C(Cc1ccccc1)NC1CCCCCC1. The minimum Gasteiger partial charge on any atom is -0.468 e. The minimum absolute atomic E-state index is 0.155. The van der Waals surface area contributed by atoms with Gasteiger partial charge in [0.2, 0.25) is 0 Å². The van der Waals surface area contributed by atoms with Crippen LogP contribution in [0, 0.1) is 0 Å². The van der Waals surface area contributed by atoms with Gasteiger partial charge in [-0.1, -0.05) is 56.0 Å². The number of esters is 1. The molecule has 1 fully saturated rings. The zero-order valence-corrected chi connectivity index (χ0v) is 12.3. The second kappa shape index (κ2) is 8.05. The molecule has 1 N–H and O–H groups in total. The van der Waals surface area contributed by atoms with Crippen molar-refractivity contribution in [2.75, 3.05) is 7.11 Å². The molecule has 1 saturated carbocycles. The van der Waals surface area contributed by atoms with Crippen molar-refractivity contribution < 1.29 is 9.53 Å². The largest absolute Gasteiger partial charge is 0.468 e. The zero-order valence-electron chi connectivity index (χ0n) is 12.3. The lowest BCUT2D eigenvalue weighted by molar-refractivity contribution is -0.143. The molecule has 1 aromatic rings. The summed E-state index contributed by atoms with van der Waals surface area (Å²) in [6.45, 7) is 0. The smallest absolute Gasteiger partial charge is 0.323 e. The van der Waals surface area contributed by atoms with Crippen molar-refractivity contribution in [1.29, 1.82) is 0 Å². The molecule has 0 bridgehead atoms. The van der Waals surface area contributed by atoms with E-state index in [1.165, 1.54) is 51.2 Å². The summed E-state index contributed by atoms with van der Waals surface area (Å²) >= 11 is 0. The molecule has 1 atom stereocenters. The molecule has 0 heterocycles. The van der Waals surface area contributed by atoms with Crippen molar-refractivity contribution in [3.05, 3.63) is 35.9 Å². The topological polar surface area (TPSA) is 38.3 Å². The van der Waals surface area contributed by atoms with Crippen molar-refractivity contribution in [3.8, 4) is 0 Å². The first-order chi connectivity index (χ1) is 9.79. The number of hydrogen-bond donors (Lipinski definition) is 1. The molecule has 1 aromatic carbocycles. The molecule has 3 heteroatoms. The standard InChI is InChI=1S/C17H25NO2/c1-20-17(19)16(13-14-9-5-4-6-10-14)18-15-11-7-2-3-8-12-15/h4-6,9-10,15-16,18H,2-3,7-8,11-13H2,1H3. The summed E-state index contributed by atoms with van der Waals surface area (Å²) in [7, 11) is 1.47. The third-order valence-corrected chi connectivity index (χ3v) is 4.06. The summed E-state index contributed by atoms with van der Waals surface area (Å²) in [5.41, 5.74) is 1.17. The van der Waals surface area contributed by atoms with E-state index in [1.54, 1.807) is 0 Å². The number of carbonyl (C=O) groups is 1. The summed E-state index contributed by atoms with van der Waals surface area (Å²) in [5, 5.41) is 3.52. The quantitative estimate of drug-likeness (QED) is 0.663. The second-order valence-electron chi connectivity index (χ2n) is 5.62. The molecule has 20 heavy (non-hydrogen) atoms. The third-order valence-electron chi connectivity index (χ3n) is 4.06. The lowest BCUT2D eigenvalue weighted by atomic mass is 10.0. The number of rotatable bonds is 5. The summed E-state index contributed by atoms with van der Waals surface area (Å²) in [6.07, 6.45) is 8.20. The van der Waals surface area contributed by atoms with Crippen LogP contribution in [0.1, 0.15) is 44.1 Å². The lowest BCUT2D eigenvalue weighted by Crippen LogP contribution is -2.45. The molecule has 1 aliphatic carbocycles. The number of methoxy groups -OCH3 is 1. The summed E-state index contributed by atoms with van der Waals surface area (Å²) < 4.78 is 4.96. The monoisotopic (exact) mass is 275 g/mol. The second-order valence-corrected chi connectivity index (χ2v) is 5.62. The Morgan fingerprint density at radius 1 is 1.20 bits per heavy atom. The van der Waals surface area contributed by atoms with E-state index in [0.29, 0.717) is 12.5 Å². The van der Waals surface area contributed by atoms with Crippen LogP contribution in [0.2, 0.25) is 0 Å². The predicted octanol–water partition coefficient (Wildman–Crippen LogP) is 3.08. The highest BCUT2D eigenvalue weighted by atomic mass is 16.5. The van der Waals surface area contributed by atoms with E-state index in [2.05, 4.69) is 17.4 Å². The Bertz CT molecular complexity index is 397. The number of hydrogen-bond acceptors (Lipinski definition) is 3. The minimum atomic E-state index is -0.231. The molecule has 110 valence electrons. The molecule has 0 radical (unpaired) electrons. The number of carbonyl (C=O) groups excluding carboxylic acids is 1. The van der Waals surface area contributed by atoms with E-state index in [1.807, 2.05) is 18.2 Å². The van der Waals surface area contributed by atoms with Crippen molar-refractivity contribution in [2.45, 2.75) is 57.0 Å². The van der Waals surface area contributed by atoms with E-state index < -0.39 is 0 Å². The fraction of sp³-hybridized carbons (Fsp3) is 0.588. The highest BCUT2D eigenvalue weighted by Gasteiger charge is 2.23. The summed E-state index contributed by atoms with van der Waals surface area (Å²) in [4.78, 5) is 12.0. The maximum Gasteiger partial charge on any atom is 0.323 e. The first kappa shape index (κ1) is 15.0. The maximum atomic E-state index is 12.0. The van der Waals surface area contributed by atoms with Gasteiger partial charge in [0.05, 0.1) is 7.11 Å². The Kier molecular flexibility index (Phi) is 6.06. The molecule has 0 saturated heterocycles. The molecule has 2 rings (SSSR count). The van der Waals surface area contributed by atoms with Crippen molar-refractivity contribution in [2.24, 2.45) is 0 Å². The van der Waals surface area contributed by atoms with E-state index in [-0.39, 0.29) is 12.0 Å². The Balaban J connectivity index is 1.97. The van der Waals surface area contributed by atoms with Crippen LogP contribution in [-0.4, -0.2) is 25.2 Å². The molecular formula is C17H25NO2. The van der Waals surface area contributed by atoms with Crippen LogP contribution >= 0.6 is 0 Å². The van der Waals surface area contributed by atoms with Gasteiger partial charge in [0.15, 0.2) is 0 Å². The van der Waals surface area contributed by atoms with Gasteiger partial charge in [-0.05, 0) is 24.8 Å². The van der Waals surface area contributed by atoms with E-state index in [9.17, 15) is 4.79 Å². The third kappa shape index (κ3) is 4.64. The van der Waals surface area contributed by atoms with Crippen LogP contribution in [0.5, 0.6) is 0 Å². The lowest BCUT2D eigenvalue weighted by Gasteiger charge is -2.23. The van der Waals surface area contributed by atoms with Gasteiger partial charge in [-0.25, -0.2) is 0 Å². The Hall–Kier alpha value is -1.35. The van der Waals surface area contributed by atoms with E-state index >= 15 is 0 Å². The van der Waals surface area contributed by atoms with Gasteiger partial charge in [-0.3, -0.25) is 4.79 Å². The number of benzene rings is 1. The normalized spacial score (nSPS) is 18.2. The van der Waals surface area contributed by atoms with Gasteiger partial charge in [0.1, 0.15) is 6.04 Å². The van der Waals surface area contributed by atoms with Crippen LogP contribution in [0.15, 0.2) is 30.3 Å². The zero-order chi connectivity index (χ0) is 14.2. The van der Waals surface area contributed by atoms with Crippen molar-refractivity contribution in [1.82, 2.24) is 5.32 Å². The van der Waals surface area contributed by atoms with E-state index in [0.717, 1.165) is 0 Å². The highest BCUT2D eigenvalue weighted by Crippen LogP contribution is 2.18. The number of nitrogens with one attached hydrogen (secondary N) is 1. The fourth-order valence-corrected chi connectivity index (χ4v) is 2.93. The predicted molar refractivity (Wildman–Crippen MR) is 80.6 cm³/mol. The van der Waals surface area contributed by atoms with Crippen molar-refractivity contribution >= 4 is 5.97 Å². The van der Waals surface area contributed by atoms with Gasteiger partial charge in [0.25, 0.3) is 0 Å². The molecule has 0 aliphatic heterocycles. The fourth-order valence-electron chi connectivity index (χ4n) is 2.93. The van der Waals surface area contributed by atoms with Gasteiger partial charge < -0.3 is 10.1 Å². The number of ether oxygens (including phenoxy) is 1. The van der Waals surface area contributed by atoms with Gasteiger partial charge in [0, 0.05) is 6.04 Å².